The van der Waals surface area contributed by atoms with Crippen molar-refractivity contribution in [1.29, 1.82) is 0 Å². The second-order valence-electron chi connectivity index (χ2n) is 4.76. The first-order valence-corrected chi connectivity index (χ1v) is 9.09. The third-order valence-corrected chi connectivity index (χ3v) is 5.03. The molecule has 1 aromatic carbocycles. The van der Waals surface area contributed by atoms with Gasteiger partial charge in [0.15, 0.2) is 0 Å². The van der Waals surface area contributed by atoms with Gasteiger partial charge in [-0.15, -0.1) is 0 Å². The minimum Gasteiger partial charge on any atom is -0.390 e. The van der Waals surface area contributed by atoms with Gasteiger partial charge in [0.2, 0.25) is 0 Å². The van der Waals surface area contributed by atoms with Crippen molar-refractivity contribution in [2.75, 3.05) is 26.0 Å². The number of ether oxygens (including phenoxy) is 1. The lowest BCUT2D eigenvalue weighted by Gasteiger charge is -2.23. The first-order chi connectivity index (χ1) is 10.5. The van der Waals surface area contributed by atoms with Gasteiger partial charge >= 0.3 is 7.60 Å². The average molecular weight is 332 g/mol. The third-order valence-electron chi connectivity index (χ3n) is 2.91. The van der Waals surface area contributed by atoms with Gasteiger partial charge in [-0.25, -0.2) is 0 Å². The maximum Gasteiger partial charge on any atom is 0.333 e. The van der Waals surface area contributed by atoms with Crippen molar-refractivity contribution in [2.45, 2.75) is 32.7 Å². The van der Waals surface area contributed by atoms with Crippen molar-refractivity contribution >= 4 is 7.60 Å². The number of benzene rings is 1. The predicted molar refractivity (Wildman–Crippen MR) is 83.8 cm³/mol. The molecule has 2 N–H and O–H groups in total. The summed E-state index contributed by atoms with van der Waals surface area (Å²) in [5.41, 5.74) is 0.971. The molecule has 0 unspecified atom stereocenters. The van der Waals surface area contributed by atoms with Crippen molar-refractivity contribution in [3.63, 3.8) is 0 Å². The Morgan fingerprint density at radius 1 is 1.05 bits per heavy atom. The van der Waals surface area contributed by atoms with Crippen molar-refractivity contribution in [2.24, 2.45) is 0 Å². The quantitative estimate of drug-likeness (QED) is 0.604. The molecule has 0 aliphatic carbocycles. The van der Waals surface area contributed by atoms with E-state index >= 15 is 0 Å². The summed E-state index contributed by atoms with van der Waals surface area (Å²) in [4.78, 5) is 0. The van der Waals surface area contributed by atoms with Crippen LogP contribution in [0.1, 0.15) is 19.4 Å². The van der Waals surface area contributed by atoms with Crippen LogP contribution in [0.4, 0.5) is 0 Å². The Hall–Kier alpha value is -0.750. The van der Waals surface area contributed by atoms with Crippen LogP contribution >= 0.6 is 7.60 Å². The smallest absolute Gasteiger partial charge is 0.333 e. The summed E-state index contributed by atoms with van der Waals surface area (Å²) in [6.45, 7) is 4.08. The molecule has 1 aromatic rings. The summed E-state index contributed by atoms with van der Waals surface area (Å²) < 4.78 is 27.8. The van der Waals surface area contributed by atoms with E-state index in [1.807, 2.05) is 30.3 Å². The van der Waals surface area contributed by atoms with Gasteiger partial charge in [-0.2, -0.15) is 0 Å². The lowest BCUT2D eigenvalue weighted by Crippen LogP contribution is -2.33. The van der Waals surface area contributed by atoms with E-state index in [1.54, 1.807) is 13.8 Å². The zero-order valence-electron chi connectivity index (χ0n) is 13.1. The normalized spacial score (nSPS) is 14.7. The van der Waals surface area contributed by atoms with E-state index in [-0.39, 0.29) is 26.0 Å². The molecule has 0 amide bonds. The highest BCUT2D eigenvalue weighted by atomic mass is 31.2. The average Bonchev–Trinajstić information content (AvgIpc) is 2.48. The maximum atomic E-state index is 12.3. The van der Waals surface area contributed by atoms with Crippen LogP contribution in [0.5, 0.6) is 0 Å². The van der Waals surface area contributed by atoms with E-state index in [0.29, 0.717) is 6.61 Å². The highest BCUT2D eigenvalue weighted by Crippen LogP contribution is 2.48. The molecule has 7 heteroatoms. The van der Waals surface area contributed by atoms with Crippen LogP contribution in [0.25, 0.3) is 0 Å². The molecular formula is C15H25O6P. The van der Waals surface area contributed by atoms with E-state index in [9.17, 15) is 14.8 Å². The molecule has 0 aliphatic heterocycles. The minimum absolute atomic E-state index is 0.0612. The number of aliphatic hydroxyl groups excluding tert-OH is 2. The number of hydrogen-bond acceptors (Lipinski definition) is 6. The fraction of sp³-hybridized carbons (Fsp3) is 0.600. The third kappa shape index (κ3) is 7.01. The first kappa shape index (κ1) is 19.3. The molecular weight excluding hydrogens is 307 g/mol. The maximum absolute atomic E-state index is 12.3. The second-order valence-corrected chi connectivity index (χ2v) is 6.87. The van der Waals surface area contributed by atoms with E-state index in [4.69, 9.17) is 13.8 Å². The summed E-state index contributed by atoms with van der Waals surface area (Å²) in [6.07, 6.45) is -2.65. The summed E-state index contributed by atoms with van der Waals surface area (Å²) >= 11 is 0. The van der Waals surface area contributed by atoms with Gasteiger partial charge in [-0.3, -0.25) is 4.57 Å². The molecule has 0 fully saturated rings. The Kier molecular flexibility index (Phi) is 8.86. The first-order valence-electron chi connectivity index (χ1n) is 7.36. The van der Waals surface area contributed by atoms with E-state index in [1.165, 1.54) is 0 Å². The molecule has 0 heterocycles. The second kappa shape index (κ2) is 10.1. The van der Waals surface area contributed by atoms with Crippen molar-refractivity contribution < 1.29 is 28.6 Å². The molecule has 0 bridgehead atoms. The van der Waals surface area contributed by atoms with Crippen LogP contribution in [0.15, 0.2) is 30.3 Å². The minimum atomic E-state index is -3.39. The highest BCUT2D eigenvalue weighted by Gasteiger charge is 2.31. The summed E-state index contributed by atoms with van der Waals surface area (Å²) in [7, 11) is -3.39. The monoisotopic (exact) mass is 332 g/mol. The number of rotatable bonds is 11. The van der Waals surface area contributed by atoms with Gasteiger partial charge < -0.3 is 24.0 Å². The zero-order valence-corrected chi connectivity index (χ0v) is 13.9. The van der Waals surface area contributed by atoms with Crippen LogP contribution in [0.3, 0.4) is 0 Å². The largest absolute Gasteiger partial charge is 0.390 e. The van der Waals surface area contributed by atoms with Crippen LogP contribution in [-0.4, -0.2) is 48.4 Å². The van der Waals surface area contributed by atoms with Crippen molar-refractivity contribution in [3.8, 4) is 0 Å². The molecule has 126 valence electrons. The molecule has 0 spiro atoms. The summed E-state index contributed by atoms with van der Waals surface area (Å²) in [5, 5.41) is 19.8. The molecule has 0 radical (unpaired) electrons. The lowest BCUT2D eigenvalue weighted by atomic mass is 10.2. The van der Waals surface area contributed by atoms with Gasteiger partial charge in [0.25, 0.3) is 0 Å². The number of hydrogen-bond donors (Lipinski definition) is 2. The van der Waals surface area contributed by atoms with Crippen LogP contribution in [0, 0.1) is 0 Å². The Labute approximate surface area is 131 Å². The van der Waals surface area contributed by atoms with Crippen LogP contribution in [-0.2, 0) is 25.0 Å². The summed E-state index contributed by atoms with van der Waals surface area (Å²) in [6, 6.07) is 9.50. The highest BCUT2D eigenvalue weighted by molar-refractivity contribution is 7.53. The van der Waals surface area contributed by atoms with Crippen molar-refractivity contribution in [3.05, 3.63) is 35.9 Å². The van der Waals surface area contributed by atoms with E-state index in [0.717, 1.165) is 5.56 Å². The van der Waals surface area contributed by atoms with Gasteiger partial charge in [0, 0.05) is 0 Å². The Bertz CT molecular complexity index is 443. The van der Waals surface area contributed by atoms with Crippen LogP contribution < -0.4 is 0 Å². The standard InChI is InChI=1S/C15H25O6P/c1-3-20-22(18,21-4-2)12-15(17)14(16)11-19-10-13-8-6-5-7-9-13/h5-9,14-17H,3-4,10-12H2,1-2H3/t14-,15+/m1/s1. The SMILES string of the molecule is CCOP(=O)(C[C@H](O)[C@H](O)COCc1ccccc1)OCC. The Morgan fingerprint density at radius 2 is 1.64 bits per heavy atom. The van der Waals surface area contributed by atoms with Gasteiger partial charge in [-0.1, -0.05) is 30.3 Å². The van der Waals surface area contributed by atoms with Gasteiger partial charge in [0.05, 0.1) is 38.7 Å². The molecule has 22 heavy (non-hydrogen) atoms. The number of aliphatic hydroxyl groups is 2. The zero-order chi connectivity index (χ0) is 16.4. The van der Waals surface area contributed by atoms with Crippen LogP contribution in [0.2, 0.25) is 0 Å². The summed E-state index contributed by atoms with van der Waals surface area (Å²) in [5.74, 6) is 0. The molecule has 2 atom stereocenters. The van der Waals surface area contributed by atoms with Crippen molar-refractivity contribution in [1.82, 2.24) is 0 Å². The molecule has 0 aliphatic rings. The molecule has 0 aromatic heterocycles. The molecule has 0 saturated carbocycles. The van der Waals surface area contributed by atoms with Gasteiger partial charge in [0.1, 0.15) is 6.10 Å². The van der Waals surface area contributed by atoms with E-state index < -0.39 is 19.8 Å². The molecule has 0 saturated heterocycles. The van der Waals surface area contributed by atoms with E-state index in [2.05, 4.69) is 0 Å². The topological polar surface area (TPSA) is 85.2 Å². The Balaban J connectivity index is 2.40. The van der Waals surface area contributed by atoms with Gasteiger partial charge in [-0.05, 0) is 19.4 Å². The predicted octanol–water partition coefficient (Wildman–Crippen LogP) is 2.19. The lowest BCUT2D eigenvalue weighted by molar-refractivity contribution is -0.0356. The Morgan fingerprint density at radius 3 is 2.18 bits per heavy atom. The fourth-order valence-electron chi connectivity index (χ4n) is 1.87. The fourth-order valence-corrected chi connectivity index (χ4v) is 3.64. The molecule has 1 rings (SSSR count). The molecule has 6 nitrogen and oxygen atoms in total.